The van der Waals surface area contributed by atoms with Gasteiger partial charge in [-0.3, -0.25) is 4.90 Å². The first kappa shape index (κ1) is 21.6. The summed E-state index contributed by atoms with van der Waals surface area (Å²) in [7, 11) is 1.89. The Labute approximate surface area is 176 Å². The van der Waals surface area contributed by atoms with Crippen molar-refractivity contribution in [3.8, 4) is 0 Å². The van der Waals surface area contributed by atoms with Gasteiger partial charge < -0.3 is 9.64 Å². The lowest BCUT2D eigenvalue weighted by atomic mass is 9.92. The number of carbonyl (C=O) groups is 1. The maximum Gasteiger partial charge on any atom is 0.410 e. The number of nitrogens with zero attached hydrogens (tertiary/aromatic N) is 2. The Balaban J connectivity index is 1.80. The van der Waals surface area contributed by atoms with Crippen molar-refractivity contribution in [3.63, 3.8) is 0 Å². The van der Waals surface area contributed by atoms with Crippen LogP contribution in [-0.2, 0) is 11.3 Å². The van der Waals surface area contributed by atoms with Gasteiger partial charge in [-0.25, -0.2) is 4.79 Å². The number of amides is 1. The number of carbonyl (C=O) groups excluding carboxylic acids is 1. The highest BCUT2D eigenvalue weighted by Gasteiger charge is 2.39. The quantitative estimate of drug-likeness (QED) is 0.695. The first-order valence-corrected chi connectivity index (χ1v) is 10.8. The van der Waals surface area contributed by atoms with Crippen molar-refractivity contribution in [1.82, 2.24) is 9.80 Å². The molecule has 0 aromatic heterocycles. The van der Waals surface area contributed by atoms with Crippen LogP contribution in [-0.4, -0.2) is 47.7 Å². The number of likely N-dealkylation sites (N-methyl/N-ethyl adjacent to an activating group) is 1. The number of hydrogen-bond donors (Lipinski definition) is 0. The van der Waals surface area contributed by atoms with Gasteiger partial charge in [0, 0.05) is 32.6 Å². The summed E-state index contributed by atoms with van der Waals surface area (Å²) in [6.07, 6.45) is 9.05. The maximum atomic E-state index is 12.8. The van der Waals surface area contributed by atoms with Gasteiger partial charge in [0.25, 0.3) is 0 Å². The predicted octanol–water partition coefficient (Wildman–Crippen LogP) is 5.27. The summed E-state index contributed by atoms with van der Waals surface area (Å²) in [5, 5.41) is 0. The number of likely N-dealkylation sites (tertiary alicyclic amines) is 1. The Morgan fingerprint density at radius 3 is 2.62 bits per heavy atom. The summed E-state index contributed by atoms with van der Waals surface area (Å²) in [6.45, 7) is 10.8. The van der Waals surface area contributed by atoms with Crippen molar-refractivity contribution in [3.05, 3.63) is 59.7 Å². The molecule has 2 aliphatic rings. The number of benzene rings is 1. The second-order valence-corrected chi connectivity index (χ2v) is 9.56. The van der Waals surface area contributed by atoms with E-state index in [-0.39, 0.29) is 12.1 Å². The van der Waals surface area contributed by atoms with Crippen LogP contribution in [0.4, 0.5) is 4.79 Å². The van der Waals surface area contributed by atoms with Gasteiger partial charge in [-0.05, 0) is 50.7 Å². The monoisotopic (exact) mass is 396 g/mol. The Morgan fingerprint density at radius 1 is 1.21 bits per heavy atom. The fourth-order valence-electron chi connectivity index (χ4n) is 4.25. The van der Waals surface area contributed by atoms with E-state index in [2.05, 4.69) is 60.4 Å². The van der Waals surface area contributed by atoms with Crippen molar-refractivity contribution >= 4 is 6.09 Å². The Bertz CT molecular complexity index is 748. The smallest absolute Gasteiger partial charge is 0.410 e. The molecule has 4 heteroatoms. The SMILES string of the molecule is CC1C=CC(C2CN(Cc3ccccc3)CC2N(C)C(=O)OC(C)(C)C)=CCC1. The van der Waals surface area contributed by atoms with Crippen molar-refractivity contribution in [2.24, 2.45) is 11.8 Å². The summed E-state index contributed by atoms with van der Waals surface area (Å²) < 4.78 is 5.67. The third-order valence-electron chi connectivity index (χ3n) is 5.84. The molecule has 1 aromatic carbocycles. The van der Waals surface area contributed by atoms with Gasteiger partial charge in [0.1, 0.15) is 5.60 Å². The molecule has 1 saturated heterocycles. The van der Waals surface area contributed by atoms with Gasteiger partial charge >= 0.3 is 6.09 Å². The minimum Gasteiger partial charge on any atom is -0.444 e. The molecule has 1 aromatic rings. The van der Waals surface area contributed by atoms with Crippen LogP contribution in [0.1, 0.15) is 46.1 Å². The lowest BCUT2D eigenvalue weighted by Crippen LogP contribution is -2.45. The third kappa shape index (κ3) is 5.96. The molecular weight excluding hydrogens is 360 g/mol. The highest BCUT2D eigenvalue weighted by Crippen LogP contribution is 2.32. The van der Waals surface area contributed by atoms with Crippen LogP contribution in [0.3, 0.4) is 0 Å². The third-order valence-corrected chi connectivity index (χ3v) is 5.84. The molecule has 1 aliphatic carbocycles. The fourth-order valence-corrected chi connectivity index (χ4v) is 4.25. The molecule has 0 N–H and O–H groups in total. The van der Waals surface area contributed by atoms with Crippen LogP contribution >= 0.6 is 0 Å². The normalized spacial score (nSPS) is 25.4. The molecule has 1 amide bonds. The average molecular weight is 397 g/mol. The molecule has 0 radical (unpaired) electrons. The zero-order chi connectivity index (χ0) is 21.0. The van der Waals surface area contributed by atoms with Crippen molar-refractivity contribution in [1.29, 1.82) is 0 Å². The second kappa shape index (κ2) is 9.17. The number of allylic oxidation sites excluding steroid dienone is 3. The molecule has 29 heavy (non-hydrogen) atoms. The first-order valence-electron chi connectivity index (χ1n) is 10.8. The van der Waals surface area contributed by atoms with Gasteiger partial charge in [-0.1, -0.05) is 55.5 Å². The molecule has 158 valence electrons. The standard InChI is InChI=1S/C25H36N2O2/c1-19-10-9-13-21(15-14-19)22-17-27(16-20-11-7-6-8-12-20)18-23(22)26(5)24(28)29-25(2,3)4/h6-8,11-15,19,22-23H,9-10,16-18H2,1-5H3. The van der Waals surface area contributed by atoms with Crippen molar-refractivity contribution < 1.29 is 9.53 Å². The molecular formula is C25H36N2O2. The summed E-state index contributed by atoms with van der Waals surface area (Å²) in [5.41, 5.74) is 2.19. The molecule has 3 rings (SSSR count). The average Bonchev–Trinajstić information content (AvgIpc) is 2.94. The van der Waals surface area contributed by atoms with Crippen LogP contribution in [0.2, 0.25) is 0 Å². The second-order valence-electron chi connectivity index (χ2n) is 9.56. The van der Waals surface area contributed by atoms with Crippen LogP contribution in [0.5, 0.6) is 0 Å². The summed E-state index contributed by atoms with van der Waals surface area (Å²) >= 11 is 0. The van der Waals surface area contributed by atoms with E-state index in [1.54, 1.807) is 0 Å². The lowest BCUT2D eigenvalue weighted by molar-refractivity contribution is 0.0207. The molecule has 3 atom stereocenters. The molecule has 3 unspecified atom stereocenters. The van der Waals surface area contributed by atoms with Gasteiger partial charge in [-0.15, -0.1) is 0 Å². The topological polar surface area (TPSA) is 32.8 Å². The van der Waals surface area contributed by atoms with Crippen LogP contribution in [0.15, 0.2) is 54.1 Å². The van der Waals surface area contributed by atoms with Crippen LogP contribution < -0.4 is 0 Å². The van der Waals surface area contributed by atoms with E-state index in [1.807, 2.05) is 32.7 Å². The highest BCUT2D eigenvalue weighted by molar-refractivity contribution is 5.68. The summed E-state index contributed by atoms with van der Waals surface area (Å²) in [4.78, 5) is 17.1. The van der Waals surface area contributed by atoms with Gasteiger partial charge in [0.05, 0.1) is 6.04 Å². The fraction of sp³-hybridized carbons (Fsp3) is 0.560. The molecule has 1 fully saturated rings. The van der Waals surface area contributed by atoms with Gasteiger partial charge in [0.15, 0.2) is 0 Å². The Kier molecular flexibility index (Phi) is 6.84. The molecule has 0 spiro atoms. The molecule has 0 saturated carbocycles. The van der Waals surface area contributed by atoms with Crippen LogP contribution in [0, 0.1) is 11.8 Å². The van der Waals surface area contributed by atoms with Gasteiger partial charge in [-0.2, -0.15) is 0 Å². The molecule has 1 heterocycles. The van der Waals surface area contributed by atoms with E-state index in [4.69, 9.17) is 4.74 Å². The van der Waals surface area contributed by atoms with E-state index < -0.39 is 5.60 Å². The Morgan fingerprint density at radius 2 is 1.93 bits per heavy atom. The Hall–Kier alpha value is -2.07. The van der Waals surface area contributed by atoms with E-state index >= 15 is 0 Å². The van der Waals surface area contributed by atoms with Crippen LogP contribution in [0.25, 0.3) is 0 Å². The number of ether oxygens (including phenoxy) is 1. The molecule has 1 aliphatic heterocycles. The van der Waals surface area contributed by atoms with E-state index in [0.29, 0.717) is 11.8 Å². The number of hydrogen-bond acceptors (Lipinski definition) is 3. The van der Waals surface area contributed by atoms with Crippen molar-refractivity contribution in [2.45, 2.75) is 58.7 Å². The summed E-state index contributed by atoms with van der Waals surface area (Å²) in [6, 6.07) is 10.7. The van der Waals surface area contributed by atoms with Gasteiger partial charge in [0.2, 0.25) is 0 Å². The highest BCUT2D eigenvalue weighted by atomic mass is 16.6. The summed E-state index contributed by atoms with van der Waals surface area (Å²) in [5.74, 6) is 0.908. The minimum absolute atomic E-state index is 0.109. The zero-order valence-electron chi connectivity index (χ0n) is 18.6. The first-order chi connectivity index (χ1) is 13.7. The van der Waals surface area contributed by atoms with E-state index in [9.17, 15) is 4.79 Å². The largest absolute Gasteiger partial charge is 0.444 e. The van der Waals surface area contributed by atoms with E-state index in [0.717, 1.165) is 26.1 Å². The lowest BCUT2D eigenvalue weighted by Gasteiger charge is -2.32. The number of rotatable bonds is 4. The predicted molar refractivity (Wildman–Crippen MR) is 119 cm³/mol. The zero-order valence-corrected chi connectivity index (χ0v) is 18.6. The molecule has 4 nitrogen and oxygen atoms in total. The maximum absolute atomic E-state index is 12.8. The minimum atomic E-state index is -0.486. The van der Waals surface area contributed by atoms with Crippen molar-refractivity contribution in [2.75, 3.05) is 20.1 Å². The molecule has 0 bridgehead atoms. The van der Waals surface area contributed by atoms with E-state index in [1.165, 1.54) is 17.6 Å².